The summed E-state index contributed by atoms with van der Waals surface area (Å²) in [6, 6.07) is 19.0. The van der Waals surface area contributed by atoms with E-state index in [9.17, 15) is 4.79 Å². The highest BCUT2D eigenvalue weighted by Gasteiger charge is 2.09. The van der Waals surface area contributed by atoms with E-state index in [1.165, 1.54) is 6.08 Å². The molecule has 2 aromatic carbocycles. The summed E-state index contributed by atoms with van der Waals surface area (Å²) in [5, 5.41) is 7.96. The topological polar surface area (TPSA) is 46.9 Å². The van der Waals surface area contributed by atoms with Gasteiger partial charge in [0.1, 0.15) is 0 Å². The molecule has 0 atom stereocenters. The first-order valence-electron chi connectivity index (χ1n) is 8.04. The zero-order valence-corrected chi connectivity index (χ0v) is 14.6. The van der Waals surface area contributed by atoms with E-state index < -0.39 is 0 Å². The van der Waals surface area contributed by atoms with E-state index in [-0.39, 0.29) is 5.91 Å². The van der Waals surface area contributed by atoms with E-state index >= 15 is 0 Å². The number of hydrogen-bond acceptors (Lipinski definition) is 2. The molecule has 0 spiro atoms. The zero-order valence-electron chi connectivity index (χ0n) is 13.8. The molecule has 0 unspecified atom stereocenters. The fourth-order valence-electron chi connectivity index (χ4n) is 2.44. The van der Waals surface area contributed by atoms with E-state index in [2.05, 4.69) is 10.4 Å². The molecule has 0 bridgehead atoms. The quantitative estimate of drug-likeness (QED) is 0.675. The molecule has 3 aromatic rings. The average Bonchev–Trinajstić information content (AvgIpc) is 3.04. The minimum Gasteiger partial charge on any atom is -0.306 e. The van der Waals surface area contributed by atoms with Crippen molar-refractivity contribution in [2.45, 2.75) is 13.3 Å². The van der Waals surface area contributed by atoms with E-state index in [4.69, 9.17) is 11.6 Å². The van der Waals surface area contributed by atoms with Crippen molar-refractivity contribution in [3.8, 4) is 5.69 Å². The number of rotatable bonds is 5. The molecule has 126 valence electrons. The van der Waals surface area contributed by atoms with Gasteiger partial charge in [-0.05, 0) is 42.3 Å². The number of anilines is 1. The molecule has 0 aliphatic heterocycles. The summed E-state index contributed by atoms with van der Waals surface area (Å²) >= 11 is 5.94. The lowest BCUT2D eigenvalue weighted by atomic mass is 10.2. The molecule has 1 N–H and O–H groups in total. The van der Waals surface area contributed by atoms with Crippen LogP contribution < -0.4 is 5.32 Å². The first-order valence-corrected chi connectivity index (χ1v) is 8.42. The maximum absolute atomic E-state index is 12.1. The number of hydrogen-bond donors (Lipinski definition) is 1. The molecular formula is C20H18ClN3O. The Morgan fingerprint density at radius 1 is 1.16 bits per heavy atom. The smallest absolute Gasteiger partial charge is 0.249 e. The Labute approximate surface area is 151 Å². The summed E-state index contributed by atoms with van der Waals surface area (Å²) < 4.78 is 1.81. The number of aromatic nitrogens is 2. The highest BCUT2D eigenvalue weighted by Crippen LogP contribution is 2.18. The Bertz CT molecular complexity index is 883. The molecule has 0 radical (unpaired) electrons. The van der Waals surface area contributed by atoms with Crippen molar-refractivity contribution in [3.63, 3.8) is 0 Å². The van der Waals surface area contributed by atoms with Gasteiger partial charge in [0.2, 0.25) is 5.91 Å². The van der Waals surface area contributed by atoms with Crippen molar-refractivity contribution < 1.29 is 4.79 Å². The number of carbonyl (C=O) groups excluding carboxylic acids is 1. The van der Waals surface area contributed by atoms with Crippen molar-refractivity contribution in [3.05, 3.63) is 83.0 Å². The van der Waals surface area contributed by atoms with Gasteiger partial charge in [-0.15, -0.1) is 5.10 Å². The number of aryl methyl sites for hydroxylation is 1. The predicted molar refractivity (Wildman–Crippen MR) is 102 cm³/mol. The van der Waals surface area contributed by atoms with Gasteiger partial charge in [-0.3, -0.25) is 4.79 Å². The normalized spacial score (nSPS) is 11.0. The largest absolute Gasteiger partial charge is 0.306 e. The van der Waals surface area contributed by atoms with Gasteiger partial charge in [-0.1, -0.05) is 48.9 Å². The van der Waals surface area contributed by atoms with Crippen LogP contribution in [-0.4, -0.2) is 15.7 Å². The molecular weight excluding hydrogens is 334 g/mol. The van der Waals surface area contributed by atoms with E-state index in [0.29, 0.717) is 10.8 Å². The summed E-state index contributed by atoms with van der Waals surface area (Å²) in [5.41, 5.74) is 2.88. The number of halogens is 1. The van der Waals surface area contributed by atoms with Crippen LogP contribution in [0.25, 0.3) is 11.8 Å². The van der Waals surface area contributed by atoms with Crippen LogP contribution in [0.3, 0.4) is 0 Å². The number of carbonyl (C=O) groups is 1. The Hall–Kier alpha value is -2.85. The molecule has 0 aliphatic rings. The van der Waals surface area contributed by atoms with Crippen LogP contribution in [0.1, 0.15) is 18.2 Å². The van der Waals surface area contributed by atoms with Gasteiger partial charge in [0.25, 0.3) is 0 Å². The second kappa shape index (κ2) is 7.81. The van der Waals surface area contributed by atoms with Crippen molar-refractivity contribution in [1.82, 2.24) is 9.78 Å². The van der Waals surface area contributed by atoms with Crippen molar-refractivity contribution in [2.24, 2.45) is 0 Å². The van der Waals surface area contributed by atoms with Gasteiger partial charge < -0.3 is 5.32 Å². The maximum atomic E-state index is 12.1. The molecule has 0 saturated carbocycles. The molecule has 25 heavy (non-hydrogen) atoms. The Balaban J connectivity index is 1.76. The van der Waals surface area contributed by atoms with Gasteiger partial charge in [-0.25, -0.2) is 4.68 Å². The molecule has 1 aromatic heterocycles. The fraction of sp³-hybridized carbons (Fsp3) is 0.100. The molecule has 1 heterocycles. The van der Waals surface area contributed by atoms with E-state index in [1.54, 1.807) is 6.08 Å². The highest BCUT2D eigenvalue weighted by molar-refractivity contribution is 6.30. The van der Waals surface area contributed by atoms with Gasteiger partial charge >= 0.3 is 0 Å². The number of nitrogens with zero attached hydrogens (tertiary/aromatic N) is 2. The third-order valence-electron chi connectivity index (χ3n) is 3.69. The van der Waals surface area contributed by atoms with E-state index in [1.807, 2.05) is 72.3 Å². The van der Waals surface area contributed by atoms with Crippen molar-refractivity contribution in [1.29, 1.82) is 0 Å². The van der Waals surface area contributed by atoms with Gasteiger partial charge in [0, 0.05) is 22.9 Å². The highest BCUT2D eigenvalue weighted by atomic mass is 35.5. The third-order valence-corrected chi connectivity index (χ3v) is 3.95. The van der Waals surface area contributed by atoms with Crippen LogP contribution in [0.2, 0.25) is 5.02 Å². The van der Waals surface area contributed by atoms with Gasteiger partial charge in [0.15, 0.2) is 5.82 Å². The third kappa shape index (κ3) is 4.37. The van der Waals surface area contributed by atoms with Gasteiger partial charge in [-0.2, -0.15) is 0 Å². The van der Waals surface area contributed by atoms with Crippen LogP contribution in [0.5, 0.6) is 0 Å². The molecule has 3 rings (SSSR count). The molecule has 4 nitrogen and oxygen atoms in total. The summed E-state index contributed by atoms with van der Waals surface area (Å²) in [6.07, 6.45) is 4.07. The predicted octanol–water partition coefficient (Wildman–Crippen LogP) is 4.74. The Morgan fingerprint density at radius 2 is 1.88 bits per heavy atom. The molecule has 1 amide bonds. The van der Waals surface area contributed by atoms with Crippen LogP contribution in [-0.2, 0) is 11.2 Å². The zero-order chi connectivity index (χ0) is 17.6. The molecule has 0 aliphatic carbocycles. The minimum absolute atomic E-state index is 0.215. The Kier molecular flexibility index (Phi) is 5.31. The average molecular weight is 352 g/mol. The second-order valence-electron chi connectivity index (χ2n) is 5.50. The minimum atomic E-state index is -0.215. The molecule has 0 fully saturated rings. The van der Waals surface area contributed by atoms with Crippen molar-refractivity contribution >= 4 is 29.4 Å². The van der Waals surface area contributed by atoms with Crippen LogP contribution in [0.15, 0.2) is 66.7 Å². The molecule has 5 heteroatoms. The summed E-state index contributed by atoms with van der Waals surface area (Å²) in [7, 11) is 0. The van der Waals surface area contributed by atoms with Crippen LogP contribution >= 0.6 is 11.6 Å². The lowest BCUT2D eigenvalue weighted by Crippen LogP contribution is -2.09. The maximum Gasteiger partial charge on any atom is 0.249 e. The first-order chi connectivity index (χ1) is 12.2. The number of amides is 1. The second-order valence-corrected chi connectivity index (χ2v) is 5.93. The lowest BCUT2D eigenvalue weighted by molar-refractivity contribution is -0.111. The summed E-state index contributed by atoms with van der Waals surface area (Å²) in [4.78, 5) is 12.1. The number of benzene rings is 2. The van der Waals surface area contributed by atoms with Crippen LogP contribution in [0.4, 0.5) is 5.82 Å². The van der Waals surface area contributed by atoms with Crippen molar-refractivity contribution in [2.75, 3.05) is 5.32 Å². The number of nitrogens with one attached hydrogen (secondary N) is 1. The molecule has 0 saturated heterocycles. The monoisotopic (exact) mass is 351 g/mol. The van der Waals surface area contributed by atoms with E-state index in [0.717, 1.165) is 23.4 Å². The summed E-state index contributed by atoms with van der Waals surface area (Å²) in [5.74, 6) is 0.307. The summed E-state index contributed by atoms with van der Waals surface area (Å²) in [6.45, 7) is 2.05. The first kappa shape index (κ1) is 17.0. The van der Waals surface area contributed by atoms with Crippen LogP contribution in [0, 0.1) is 0 Å². The SMILES string of the molecule is CCc1cc(NC(=O)/C=C/c2ccccc2)nn1-c1ccc(Cl)cc1. The Morgan fingerprint density at radius 3 is 2.56 bits per heavy atom. The van der Waals surface area contributed by atoms with Gasteiger partial charge in [0.05, 0.1) is 5.69 Å². The fourth-order valence-corrected chi connectivity index (χ4v) is 2.57. The lowest BCUT2D eigenvalue weighted by Gasteiger charge is -2.05. The standard InChI is InChI=1S/C20H18ClN3O/c1-2-17-14-19(23-24(17)18-11-9-16(21)10-12-18)22-20(25)13-8-15-6-4-3-5-7-15/h3-14H,2H2,1H3,(H,22,23,25)/b13-8+.